The number of benzene rings is 1. The highest BCUT2D eigenvalue weighted by molar-refractivity contribution is 9.09. The highest BCUT2D eigenvalue weighted by Crippen LogP contribution is 2.32. The van der Waals surface area contributed by atoms with E-state index in [-0.39, 0.29) is 4.90 Å². The first-order valence-electron chi connectivity index (χ1n) is 6.43. The van der Waals surface area contributed by atoms with Crippen LogP contribution in [0.3, 0.4) is 0 Å². The van der Waals surface area contributed by atoms with Gasteiger partial charge in [-0.05, 0) is 31.0 Å². The molecule has 1 aliphatic carbocycles. The Balaban J connectivity index is 2.30. The first-order valence-corrected chi connectivity index (χ1v) is 9.79. The molecule has 0 spiro atoms. The van der Waals surface area contributed by atoms with E-state index in [1.807, 2.05) is 0 Å². The predicted molar refractivity (Wildman–Crippen MR) is 86.4 cm³/mol. The molecule has 2 rings (SSSR count). The molecule has 0 aliphatic heterocycles. The molecule has 3 nitrogen and oxygen atoms in total. The fraction of sp³-hybridized carbons (Fsp3) is 0.538. The van der Waals surface area contributed by atoms with Crippen LogP contribution in [0, 0.1) is 0 Å². The molecule has 7 heteroatoms. The third-order valence-electron chi connectivity index (χ3n) is 3.56. The third kappa shape index (κ3) is 3.89. The van der Waals surface area contributed by atoms with Crippen molar-refractivity contribution >= 4 is 49.2 Å². The molecule has 0 unspecified atom stereocenters. The van der Waals surface area contributed by atoms with Gasteiger partial charge in [0.2, 0.25) is 10.0 Å². The summed E-state index contributed by atoms with van der Waals surface area (Å²) in [5, 5.41) is 1.23. The molecule has 20 heavy (non-hydrogen) atoms. The summed E-state index contributed by atoms with van der Waals surface area (Å²) in [4.78, 5) is 0.112. The van der Waals surface area contributed by atoms with Gasteiger partial charge in [0, 0.05) is 20.9 Å². The summed E-state index contributed by atoms with van der Waals surface area (Å²) in [5.74, 6) is 0. The summed E-state index contributed by atoms with van der Waals surface area (Å²) in [6.07, 6.45) is 4.89. The Hall–Kier alpha value is 0.190. The van der Waals surface area contributed by atoms with Crippen molar-refractivity contribution in [2.45, 2.75) is 42.5 Å². The van der Waals surface area contributed by atoms with E-state index in [0.717, 1.165) is 32.1 Å². The van der Waals surface area contributed by atoms with Gasteiger partial charge in [-0.2, -0.15) is 0 Å². The first kappa shape index (κ1) is 16.6. The lowest BCUT2D eigenvalue weighted by molar-refractivity contribution is 0.301. The van der Waals surface area contributed by atoms with E-state index >= 15 is 0 Å². The SMILES string of the molecule is O=S(=O)(NC1(CBr)CCCCC1)c1cc(Cl)cc(Cl)c1. The van der Waals surface area contributed by atoms with Crippen LogP contribution in [0.15, 0.2) is 23.1 Å². The van der Waals surface area contributed by atoms with Crippen LogP contribution in [0.2, 0.25) is 10.0 Å². The van der Waals surface area contributed by atoms with Gasteiger partial charge in [-0.1, -0.05) is 58.4 Å². The van der Waals surface area contributed by atoms with Crippen LogP contribution in [0.4, 0.5) is 0 Å². The molecule has 0 saturated heterocycles. The second-order valence-electron chi connectivity index (χ2n) is 5.19. The minimum absolute atomic E-state index is 0.112. The van der Waals surface area contributed by atoms with E-state index in [1.165, 1.54) is 18.2 Å². The molecular weight excluding hydrogens is 385 g/mol. The van der Waals surface area contributed by atoms with Gasteiger partial charge in [0.15, 0.2) is 0 Å². The van der Waals surface area contributed by atoms with Crippen molar-refractivity contribution < 1.29 is 8.42 Å². The number of halogens is 3. The average molecular weight is 401 g/mol. The lowest BCUT2D eigenvalue weighted by Gasteiger charge is -2.36. The van der Waals surface area contributed by atoms with E-state index in [4.69, 9.17) is 23.2 Å². The van der Waals surface area contributed by atoms with Gasteiger partial charge in [0.25, 0.3) is 0 Å². The van der Waals surface area contributed by atoms with E-state index in [9.17, 15) is 8.42 Å². The largest absolute Gasteiger partial charge is 0.241 e. The van der Waals surface area contributed by atoms with Crippen LogP contribution in [0.5, 0.6) is 0 Å². The number of hydrogen-bond acceptors (Lipinski definition) is 2. The summed E-state index contributed by atoms with van der Waals surface area (Å²) in [5.41, 5.74) is -0.411. The summed E-state index contributed by atoms with van der Waals surface area (Å²) in [6.45, 7) is 0. The van der Waals surface area contributed by atoms with Crippen molar-refractivity contribution in [3.8, 4) is 0 Å². The zero-order valence-corrected chi connectivity index (χ0v) is 14.7. The van der Waals surface area contributed by atoms with E-state index in [2.05, 4.69) is 20.7 Å². The summed E-state index contributed by atoms with van der Waals surface area (Å²) >= 11 is 15.2. The Bertz CT molecular complexity index is 566. The van der Waals surface area contributed by atoms with Gasteiger partial charge in [-0.3, -0.25) is 0 Å². The van der Waals surface area contributed by atoms with E-state index < -0.39 is 15.6 Å². The topological polar surface area (TPSA) is 46.2 Å². The van der Waals surface area contributed by atoms with Crippen molar-refractivity contribution in [2.75, 3.05) is 5.33 Å². The van der Waals surface area contributed by atoms with E-state index in [1.54, 1.807) is 0 Å². The Kier molecular flexibility index (Phi) is 5.40. The average Bonchev–Trinajstić information content (AvgIpc) is 2.38. The lowest BCUT2D eigenvalue weighted by Crippen LogP contribution is -2.51. The second-order valence-corrected chi connectivity index (χ2v) is 8.30. The Morgan fingerprint density at radius 1 is 1.10 bits per heavy atom. The number of hydrogen-bond donors (Lipinski definition) is 1. The third-order valence-corrected chi connectivity index (χ3v) is 6.63. The summed E-state index contributed by atoms with van der Waals surface area (Å²) < 4.78 is 27.9. The molecule has 1 saturated carbocycles. The monoisotopic (exact) mass is 399 g/mol. The van der Waals surface area contributed by atoms with Crippen molar-refractivity contribution in [1.29, 1.82) is 0 Å². The van der Waals surface area contributed by atoms with Gasteiger partial charge in [0.05, 0.1) is 4.90 Å². The normalized spacial score (nSPS) is 18.9. The molecule has 0 amide bonds. The van der Waals surface area contributed by atoms with Crippen LogP contribution in [-0.2, 0) is 10.0 Å². The molecule has 1 fully saturated rings. The zero-order chi connectivity index (χ0) is 14.8. The fourth-order valence-electron chi connectivity index (χ4n) is 2.52. The Morgan fingerprint density at radius 2 is 1.65 bits per heavy atom. The maximum absolute atomic E-state index is 12.5. The first-order chi connectivity index (χ1) is 9.37. The maximum atomic E-state index is 12.5. The molecule has 0 radical (unpaired) electrons. The number of alkyl halides is 1. The number of rotatable bonds is 4. The van der Waals surface area contributed by atoms with Crippen molar-refractivity contribution in [3.63, 3.8) is 0 Å². The zero-order valence-electron chi connectivity index (χ0n) is 10.8. The molecule has 1 N–H and O–H groups in total. The van der Waals surface area contributed by atoms with Gasteiger partial charge >= 0.3 is 0 Å². The quantitative estimate of drug-likeness (QED) is 0.762. The van der Waals surface area contributed by atoms with Gasteiger partial charge in [-0.15, -0.1) is 0 Å². The standard InChI is InChI=1S/C13H16BrCl2NO2S/c14-9-13(4-2-1-3-5-13)17-20(18,19)12-7-10(15)6-11(16)8-12/h6-8,17H,1-5,9H2. The number of nitrogens with one attached hydrogen (secondary N) is 1. The number of sulfonamides is 1. The molecule has 1 aliphatic rings. The minimum Gasteiger partial charge on any atom is -0.207 e. The van der Waals surface area contributed by atoms with Crippen LogP contribution < -0.4 is 4.72 Å². The Morgan fingerprint density at radius 3 is 2.15 bits per heavy atom. The Labute approximate surface area is 138 Å². The fourth-order valence-corrected chi connectivity index (χ4v) is 5.59. The molecule has 1 aromatic rings. The van der Waals surface area contributed by atoms with Crippen molar-refractivity contribution in [3.05, 3.63) is 28.2 Å². The molecule has 0 heterocycles. The van der Waals surface area contributed by atoms with Crippen molar-refractivity contribution in [1.82, 2.24) is 4.72 Å². The highest BCUT2D eigenvalue weighted by atomic mass is 79.9. The molecule has 112 valence electrons. The lowest BCUT2D eigenvalue weighted by atomic mass is 9.84. The van der Waals surface area contributed by atoms with Gasteiger partial charge in [-0.25, -0.2) is 13.1 Å². The molecule has 0 atom stereocenters. The maximum Gasteiger partial charge on any atom is 0.241 e. The van der Waals surface area contributed by atoms with Crippen LogP contribution in [0.1, 0.15) is 32.1 Å². The molecule has 0 aromatic heterocycles. The van der Waals surface area contributed by atoms with E-state index in [0.29, 0.717) is 15.4 Å². The molecule has 1 aromatic carbocycles. The van der Waals surface area contributed by atoms with Gasteiger partial charge < -0.3 is 0 Å². The predicted octanol–water partition coefficient (Wildman–Crippen LogP) is 4.37. The molecular formula is C13H16BrCl2NO2S. The van der Waals surface area contributed by atoms with Crippen molar-refractivity contribution in [2.24, 2.45) is 0 Å². The van der Waals surface area contributed by atoms with Gasteiger partial charge in [0.1, 0.15) is 0 Å². The van der Waals surface area contributed by atoms with Crippen LogP contribution in [-0.4, -0.2) is 19.3 Å². The second kappa shape index (κ2) is 6.53. The van der Waals surface area contributed by atoms with Crippen LogP contribution in [0.25, 0.3) is 0 Å². The summed E-state index contributed by atoms with van der Waals surface area (Å²) in [7, 11) is -3.62. The highest BCUT2D eigenvalue weighted by Gasteiger charge is 2.35. The smallest absolute Gasteiger partial charge is 0.207 e. The van der Waals surface area contributed by atoms with Crippen LogP contribution >= 0.6 is 39.1 Å². The summed E-state index contributed by atoms with van der Waals surface area (Å²) in [6, 6.07) is 4.35. The molecule has 0 bridgehead atoms. The minimum atomic E-state index is -3.62.